The molecule has 1 heterocycles. The van der Waals surface area contributed by atoms with Crippen LogP contribution in [-0.4, -0.2) is 11.6 Å². The minimum absolute atomic E-state index is 0.256. The van der Waals surface area contributed by atoms with Gasteiger partial charge in [0.15, 0.2) is 0 Å². The lowest BCUT2D eigenvalue weighted by molar-refractivity contribution is 0.495. The van der Waals surface area contributed by atoms with E-state index in [0.29, 0.717) is 5.92 Å². The van der Waals surface area contributed by atoms with Gasteiger partial charge in [0, 0.05) is 46.8 Å². The van der Waals surface area contributed by atoms with Crippen LogP contribution in [0.2, 0.25) is 0 Å². The molecule has 182 valence electrons. The van der Waals surface area contributed by atoms with Gasteiger partial charge in [-0.2, -0.15) is 10.5 Å². The van der Waals surface area contributed by atoms with Crippen LogP contribution < -0.4 is 4.90 Å². The fraction of sp³-hybridized carbons (Fsp3) is 0.375. The lowest BCUT2D eigenvalue weighted by atomic mass is 9.77. The van der Waals surface area contributed by atoms with Crippen molar-refractivity contribution in [3.05, 3.63) is 77.0 Å². The van der Waals surface area contributed by atoms with Crippen molar-refractivity contribution in [3.63, 3.8) is 0 Å². The van der Waals surface area contributed by atoms with Gasteiger partial charge in [0.2, 0.25) is 0 Å². The number of allylic oxidation sites excluding steroid dienone is 6. The molecule has 0 amide bonds. The van der Waals surface area contributed by atoms with Gasteiger partial charge in [-0.05, 0) is 79.5 Å². The molecule has 0 N–H and O–H groups in total. The number of hydrogen-bond acceptors (Lipinski definition) is 3. The molecule has 0 saturated heterocycles. The molecule has 1 aromatic heterocycles. The van der Waals surface area contributed by atoms with E-state index in [2.05, 4.69) is 90.2 Å². The predicted molar refractivity (Wildman–Crippen MR) is 148 cm³/mol. The van der Waals surface area contributed by atoms with E-state index in [9.17, 15) is 10.5 Å². The molecule has 5 rings (SSSR count). The monoisotopic (exact) mass is 474 g/mol. The lowest BCUT2D eigenvalue weighted by Crippen LogP contribution is -2.22. The van der Waals surface area contributed by atoms with Gasteiger partial charge in [0.25, 0.3) is 0 Å². The summed E-state index contributed by atoms with van der Waals surface area (Å²) < 4.78 is 2.50. The molecule has 3 aromatic rings. The van der Waals surface area contributed by atoms with Crippen molar-refractivity contribution < 1.29 is 0 Å². The van der Waals surface area contributed by atoms with Crippen molar-refractivity contribution in [1.29, 1.82) is 10.5 Å². The van der Waals surface area contributed by atoms with E-state index in [4.69, 9.17) is 0 Å². The molecule has 2 aliphatic carbocycles. The van der Waals surface area contributed by atoms with Crippen molar-refractivity contribution in [2.45, 2.75) is 64.8 Å². The highest BCUT2D eigenvalue weighted by molar-refractivity contribution is 6.09. The Morgan fingerprint density at radius 2 is 1.72 bits per heavy atom. The van der Waals surface area contributed by atoms with Crippen molar-refractivity contribution in [2.24, 2.45) is 5.92 Å². The van der Waals surface area contributed by atoms with Crippen LogP contribution in [0.1, 0.15) is 58.3 Å². The summed E-state index contributed by atoms with van der Waals surface area (Å²) in [5.41, 5.74) is 7.52. The van der Waals surface area contributed by atoms with Crippen LogP contribution in [0.25, 0.3) is 21.8 Å². The summed E-state index contributed by atoms with van der Waals surface area (Å²) in [6.45, 7) is 3.32. The molecular formula is C32H34N4. The number of benzene rings is 2. The summed E-state index contributed by atoms with van der Waals surface area (Å²) in [6, 6.07) is 19.8. The Balaban J connectivity index is 1.49. The molecule has 1 atom stereocenters. The molecule has 0 fully saturated rings. The van der Waals surface area contributed by atoms with Crippen LogP contribution in [0.15, 0.2) is 77.0 Å². The molecule has 2 aromatic carbocycles. The normalized spacial score (nSPS) is 17.2. The maximum atomic E-state index is 9.31. The average molecular weight is 475 g/mol. The summed E-state index contributed by atoms with van der Waals surface area (Å²) in [4.78, 5) is 2.32. The highest BCUT2D eigenvalue weighted by Crippen LogP contribution is 2.40. The second-order valence-corrected chi connectivity index (χ2v) is 10.2. The molecule has 4 nitrogen and oxygen atoms in total. The average Bonchev–Trinajstić information content (AvgIpc) is 3.24. The molecule has 0 aliphatic heterocycles. The number of nitrogens with zero attached hydrogens (tertiary/aromatic N) is 4. The summed E-state index contributed by atoms with van der Waals surface area (Å²) in [6.07, 6.45) is 13.4. The van der Waals surface area contributed by atoms with Crippen LogP contribution >= 0.6 is 0 Å². The smallest absolute Gasteiger partial charge is 0.132 e. The molecule has 2 aliphatic rings. The van der Waals surface area contributed by atoms with Gasteiger partial charge in [-0.15, -0.1) is 0 Å². The molecule has 4 heteroatoms. The number of aromatic nitrogens is 1. The first-order chi connectivity index (χ1) is 17.6. The number of hydrogen-bond donors (Lipinski definition) is 0. The zero-order valence-corrected chi connectivity index (χ0v) is 21.4. The van der Waals surface area contributed by atoms with E-state index >= 15 is 0 Å². The van der Waals surface area contributed by atoms with Crippen molar-refractivity contribution in [1.82, 2.24) is 4.57 Å². The van der Waals surface area contributed by atoms with Gasteiger partial charge in [0.05, 0.1) is 0 Å². The Labute approximate surface area is 214 Å². The minimum Gasteiger partial charge on any atom is -0.348 e. The number of para-hydroxylation sites is 1. The van der Waals surface area contributed by atoms with Gasteiger partial charge in [-0.25, -0.2) is 0 Å². The third-order valence-corrected chi connectivity index (χ3v) is 8.01. The first kappa shape index (κ1) is 24.0. The van der Waals surface area contributed by atoms with Crippen molar-refractivity contribution in [3.8, 4) is 12.1 Å². The number of aryl methyl sites for hydroxylation is 1. The third-order valence-electron chi connectivity index (χ3n) is 8.01. The van der Waals surface area contributed by atoms with Gasteiger partial charge in [-0.3, -0.25) is 0 Å². The standard InChI is InChI=1S/C32H34N4/c1-3-4-5-8-17-36-31-10-7-6-9-29(31)30-20-28(15-16-32(30)36)35(2)27-14-13-23-11-12-24(18-25(23)19-27)26(21-33)22-34/h6-7,9-10,15-16,18-20,23H,3-5,8,11-14,17H2,1-2H3. The molecule has 36 heavy (non-hydrogen) atoms. The molecule has 0 radical (unpaired) electrons. The fourth-order valence-corrected chi connectivity index (χ4v) is 5.93. The van der Waals surface area contributed by atoms with Crippen LogP contribution in [0.3, 0.4) is 0 Å². The summed E-state index contributed by atoms with van der Waals surface area (Å²) in [7, 11) is 2.16. The largest absolute Gasteiger partial charge is 0.348 e. The number of rotatable bonds is 7. The SMILES string of the molecule is CCCCCCn1c2ccccc2c2cc(N(C)C3=CC4=CC(=C(C#N)C#N)CCC4CC3)ccc21. The van der Waals surface area contributed by atoms with Gasteiger partial charge < -0.3 is 9.47 Å². The summed E-state index contributed by atoms with van der Waals surface area (Å²) >= 11 is 0. The highest BCUT2D eigenvalue weighted by atomic mass is 15.1. The maximum Gasteiger partial charge on any atom is 0.132 e. The summed E-state index contributed by atoms with van der Waals surface area (Å²) in [5.74, 6) is 0.526. The fourth-order valence-electron chi connectivity index (χ4n) is 5.93. The van der Waals surface area contributed by atoms with E-state index in [1.807, 2.05) is 0 Å². The summed E-state index contributed by atoms with van der Waals surface area (Å²) in [5, 5.41) is 21.3. The predicted octanol–water partition coefficient (Wildman–Crippen LogP) is 8.17. The number of nitriles is 2. The Morgan fingerprint density at radius 3 is 2.53 bits per heavy atom. The minimum atomic E-state index is 0.256. The third kappa shape index (κ3) is 4.45. The van der Waals surface area contributed by atoms with Gasteiger partial charge in [-0.1, -0.05) is 50.5 Å². The van der Waals surface area contributed by atoms with Crippen molar-refractivity contribution >= 4 is 27.5 Å². The zero-order chi connectivity index (χ0) is 25.1. The van der Waals surface area contributed by atoms with Crippen molar-refractivity contribution in [2.75, 3.05) is 11.9 Å². The quantitative estimate of drug-likeness (QED) is 0.256. The Kier molecular flexibility index (Phi) is 6.97. The second kappa shape index (κ2) is 10.5. The van der Waals surface area contributed by atoms with E-state index in [-0.39, 0.29) is 5.57 Å². The van der Waals surface area contributed by atoms with Crippen LogP contribution in [0, 0.1) is 28.6 Å². The first-order valence-corrected chi connectivity index (χ1v) is 13.3. The molecule has 1 unspecified atom stereocenters. The van der Waals surface area contributed by atoms with E-state index in [1.165, 1.54) is 64.4 Å². The topological polar surface area (TPSA) is 55.8 Å². The molecule has 0 spiro atoms. The Hall–Kier alpha value is -3.76. The lowest BCUT2D eigenvalue weighted by Gasteiger charge is -2.33. The van der Waals surface area contributed by atoms with E-state index < -0.39 is 0 Å². The Morgan fingerprint density at radius 1 is 0.944 bits per heavy atom. The van der Waals surface area contributed by atoms with Gasteiger partial charge in [0.1, 0.15) is 17.7 Å². The number of unbranched alkanes of at least 4 members (excludes halogenated alkanes) is 3. The van der Waals surface area contributed by atoms with Crippen LogP contribution in [0.4, 0.5) is 5.69 Å². The molecule has 0 saturated carbocycles. The Bertz CT molecular complexity index is 1450. The number of anilines is 1. The molecular weight excluding hydrogens is 440 g/mol. The molecule has 0 bridgehead atoms. The van der Waals surface area contributed by atoms with Crippen LogP contribution in [0.5, 0.6) is 0 Å². The first-order valence-electron chi connectivity index (χ1n) is 13.3. The second-order valence-electron chi connectivity index (χ2n) is 10.2. The van der Waals surface area contributed by atoms with E-state index in [1.54, 1.807) is 0 Å². The number of fused-ring (bicyclic) bond motifs is 4. The van der Waals surface area contributed by atoms with Crippen LogP contribution in [-0.2, 0) is 6.54 Å². The van der Waals surface area contributed by atoms with E-state index in [0.717, 1.165) is 37.8 Å². The zero-order valence-electron chi connectivity index (χ0n) is 21.4. The van der Waals surface area contributed by atoms with Gasteiger partial charge >= 0.3 is 0 Å². The highest BCUT2D eigenvalue weighted by Gasteiger charge is 2.26. The maximum absolute atomic E-state index is 9.31.